The maximum Gasteiger partial charge on any atom is 0.418 e. The van der Waals surface area contributed by atoms with Crippen LogP contribution in [0.4, 0.5) is 24.5 Å². The number of nitrogens with zero attached hydrogens (tertiary/aromatic N) is 2. The lowest BCUT2D eigenvalue weighted by Crippen LogP contribution is -2.34. The molecule has 0 unspecified atom stereocenters. The van der Waals surface area contributed by atoms with Gasteiger partial charge in [0.15, 0.2) is 0 Å². The summed E-state index contributed by atoms with van der Waals surface area (Å²) >= 11 is 0. The zero-order chi connectivity index (χ0) is 19.6. The molecule has 0 bridgehead atoms. The zero-order valence-corrected chi connectivity index (χ0v) is 14.6. The summed E-state index contributed by atoms with van der Waals surface area (Å²) in [5, 5.41) is 11.3. The molecule has 2 heterocycles. The number of carbonyl (C=O) groups excluding carboxylic acids is 2. The minimum atomic E-state index is -4.62. The van der Waals surface area contributed by atoms with E-state index in [4.69, 9.17) is 5.11 Å². The number of imide groups is 1. The normalized spacial score (nSPS) is 18.1. The van der Waals surface area contributed by atoms with E-state index in [0.29, 0.717) is 18.8 Å². The van der Waals surface area contributed by atoms with E-state index in [9.17, 15) is 22.8 Å². The van der Waals surface area contributed by atoms with Gasteiger partial charge in [0.05, 0.1) is 24.4 Å². The van der Waals surface area contributed by atoms with Crippen molar-refractivity contribution in [2.45, 2.75) is 25.4 Å². The maximum atomic E-state index is 13.6. The average molecular weight is 383 g/mol. The Balaban J connectivity index is 1.88. The largest absolute Gasteiger partial charge is 0.418 e. The van der Waals surface area contributed by atoms with Gasteiger partial charge in [-0.2, -0.15) is 13.2 Å². The van der Waals surface area contributed by atoms with Gasteiger partial charge >= 0.3 is 6.18 Å². The molecule has 9 heteroatoms. The molecule has 1 aromatic rings. The summed E-state index contributed by atoms with van der Waals surface area (Å²) in [7, 11) is 0. The molecule has 0 saturated carbocycles. The van der Waals surface area contributed by atoms with Crippen LogP contribution in [0.5, 0.6) is 0 Å². The highest BCUT2D eigenvalue weighted by molar-refractivity contribution is 6.17. The molecule has 1 saturated heterocycles. The predicted molar refractivity (Wildman–Crippen MR) is 93.0 cm³/mol. The summed E-state index contributed by atoms with van der Waals surface area (Å²) in [6.07, 6.45) is -0.740. The number of halogens is 3. The number of carbonyl (C=O) groups is 2. The first-order valence-corrected chi connectivity index (χ1v) is 8.73. The first-order valence-electron chi connectivity index (χ1n) is 8.73. The molecule has 1 aromatic carbocycles. The molecule has 0 spiro atoms. The number of β-amino-alcohol motifs (C(OH)–C–C–N with tert-alkyl or cyclic N) is 1. The number of benzene rings is 1. The maximum absolute atomic E-state index is 13.6. The topological polar surface area (TPSA) is 72.9 Å². The van der Waals surface area contributed by atoms with Gasteiger partial charge in [0.25, 0.3) is 11.8 Å². The number of hydrogen-bond donors (Lipinski definition) is 2. The summed E-state index contributed by atoms with van der Waals surface area (Å²) in [4.78, 5) is 26.6. The molecular formula is C18H20F3N3O3. The Morgan fingerprint density at radius 1 is 1.11 bits per heavy atom. The van der Waals surface area contributed by atoms with E-state index in [2.05, 4.69) is 5.32 Å². The Kier molecular flexibility index (Phi) is 5.41. The van der Waals surface area contributed by atoms with Crippen LogP contribution in [0.25, 0.3) is 0 Å². The number of hydrogen-bond acceptors (Lipinski definition) is 5. The molecule has 0 atom stereocenters. The van der Waals surface area contributed by atoms with E-state index in [1.165, 1.54) is 6.07 Å². The second-order valence-electron chi connectivity index (χ2n) is 6.48. The molecule has 146 valence electrons. The van der Waals surface area contributed by atoms with Crippen molar-refractivity contribution in [3.63, 3.8) is 0 Å². The molecule has 1 fully saturated rings. The Morgan fingerprint density at radius 2 is 1.81 bits per heavy atom. The van der Waals surface area contributed by atoms with Crippen LogP contribution in [-0.4, -0.2) is 48.1 Å². The first-order chi connectivity index (χ1) is 12.8. The SMILES string of the molecule is O=C1C=C(Nc2ccc(N3CCCCC3)cc2C(F)(F)F)C(=O)N1CCO. The van der Waals surface area contributed by atoms with Crippen molar-refractivity contribution in [2.75, 3.05) is 36.5 Å². The van der Waals surface area contributed by atoms with Gasteiger partial charge in [-0.1, -0.05) is 0 Å². The fourth-order valence-electron chi connectivity index (χ4n) is 3.28. The van der Waals surface area contributed by atoms with Crippen LogP contribution in [0, 0.1) is 0 Å². The minimum Gasteiger partial charge on any atom is -0.395 e. The fourth-order valence-corrected chi connectivity index (χ4v) is 3.28. The Hall–Kier alpha value is -2.55. The third-order valence-corrected chi connectivity index (χ3v) is 4.63. The quantitative estimate of drug-likeness (QED) is 0.764. The molecule has 3 rings (SSSR count). The number of rotatable bonds is 5. The lowest BCUT2D eigenvalue weighted by Gasteiger charge is -2.29. The number of anilines is 2. The van der Waals surface area contributed by atoms with Crippen LogP contribution in [-0.2, 0) is 15.8 Å². The van der Waals surface area contributed by atoms with E-state index >= 15 is 0 Å². The van der Waals surface area contributed by atoms with Crippen LogP contribution in [0.1, 0.15) is 24.8 Å². The number of alkyl halides is 3. The van der Waals surface area contributed by atoms with E-state index in [1.54, 1.807) is 6.07 Å². The van der Waals surface area contributed by atoms with Crippen LogP contribution >= 0.6 is 0 Å². The highest BCUT2D eigenvalue weighted by atomic mass is 19.4. The van der Waals surface area contributed by atoms with Crippen molar-refractivity contribution in [1.82, 2.24) is 4.90 Å². The Labute approximate surface area is 154 Å². The van der Waals surface area contributed by atoms with Crippen molar-refractivity contribution in [2.24, 2.45) is 0 Å². The smallest absolute Gasteiger partial charge is 0.395 e. The van der Waals surface area contributed by atoms with Crippen molar-refractivity contribution in [3.05, 3.63) is 35.5 Å². The molecule has 6 nitrogen and oxygen atoms in total. The molecule has 2 N–H and O–H groups in total. The van der Waals surface area contributed by atoms with Crippen LogP contribution in [0.3, 0.4) is 0 Å². The average Bonchev–Trinajstić information content (AvgIpc) is 2.90. The summed E-state index contributed by atoms with van der Waals surface area (Å²) < 4.78 is 40.7. The van der Waals surface area contributed by atoms with Gasteiger partial charge in [0.1, 0.15) is 5.70 Å². The number of piperidine rings is 1. The van der Waals surface area contributed by atoms with Crippen LogP contribution < -0.4 is 10.2 Å². The standard InChI is InChI=1S/C18H20F3N3O3/c19-18(20,21)13-10-12(23-6-2-1-3-7-23)4-5-14(13)22-15-11-16(26)24(8-9-25)17(15)27/h4-5,10-11,22,25H,1-3,6-9H2. The second-order valence-corrected chi connectivity index (χ2v) is 6.48. The molecule has 0 aromatic heterocycles. The monoisotopic (exact) mass is 383 g/mol. The molecule has 0 aliphatic carbocycles. The van der Waals surface area contributed by atoms with Gasteiger partial charge in [0.2, 0.25) is 0 Å². The highest BCUT2D eigenvalue weighted by Gasteiger charge is 2.36. The number of amides is 2. The van der Waals surface area contributed by atoms with E-state index in [-0.39, 0.29) is 17.9 Å². The van der Waals surface area contributed by atoms with Gasteiger partial charge in [-0.15, -0.1) is 0 Å². The molecular weight excluding hydrogens is 363 g/mol. The minimum absolute atomic E-state index is 0.209. The van der Waals surface area contributed by atoms with Crippen molar-refractivity contribution in [3.8, 4) is 0 Å². The van der Waals surface area contributed by atoms with Crippen LogP contribution in [0.2, 0.25) is 0 Å². The molecule has 2 aliphatic heterocycles. The van der Waals surface area contributed by atoms with Gasteiger partial charge in [-0.3, -0.25) is 14.5 Å². The molecule has 0 radical (unpaired) electrons. The number of aliphatic hydroxyl groups excluding tert-OH is 1. The van der Waals surface area contributed by atoms with Gasteiger partial charge in [-0.25, -0.2) is 0 Å². The van der Waals surface area contributed by atoms with Crippen LogP contribution in [0.15, 0.2) is 30.0 Å². The third-order valence-electron chi connectivity index (χ3n) is 4.63. The predicted octanol–water partition coefficient (Wildman–Crippen LogP) is 2.35. The second kappa shape index (κ2) is 7.59. The van der Waals surface area contributed by atoms with Crippen molar-refractivity contribution >= 4 is 23.2 Å². The Morgan fingerprint density at radius 3 is 2.44 bits per heavy atom. The number of aliphatic hydroxyl groups is 1. The summed E-state index contributed by atoms with van der Waals surface area (Å²) in [5.74, 6) is -1.43. The van der Waals surface area contributed by atoms with Crippen molar-refractivity contribution in [1.29, 1.82) is 0 Å². The van der Waals surface area contributed by atoms with Gasteiger partial charge < -0.3 is 15.3 Å². The summed E-state index contributed by atoms with van der Waals surface area (Å²) in [5.41, 5.74) is -0.948. The van der Waals surface area contributed by atoms with Gasteiger partial charge in [0, 0.05) is 24.9 Å². The van der Waals surface area contributed by atoms with E-state index in [1.807, 2.05) is 4.90 Å². The Bertz CT molecular complexity index is 771. The molecule has 2 aliphatic rings. The first kappa shape index (κ1) is 19.2. The highest BCUT2D eigenvalue weighted by Crippen LogP contribution is 2.38. The van der Waals surface area contributed by atoms with Gasteiger partial charge in [-0.05, 0) is 37.5 Å². The fraction of sp³-hybridized carbons (Fsp3) is 0.444. The lowest BCUT2D eigenvalue weighted by atomic mass is 10.1. The lowest BCUT2D eigenvalue weighted by molar-refractivity contribution is -0.138. The van der Waals surface area contributed by atoms with E-state index < -0.39 is 30.2 Å². The zero-order valence-electron chi connectivity index (χ0n) is 14.6. The summed E-state index contributed by atoms with van der Waals surface area (Å²) in [6.45, 7) is 0.785. The number of nitrogens with one attached hydrogen (secondary N) is 1. The molecule has 27 heavy (non-hydrogen) atoms. The van der Waals surface area contributed by atoms with Crippen molar-refractivity contribution < 1.29 is 27.9 Å². The van der Waals surface area contributed by atoms with E-state index in [0.717, 1.165) is 36.3 Å². The third kappa shape index (κ3) is 4.08. The summed E-state index contributed by atoms with van der Waals surface area (Å²) in [6, 6.07) is 3.93. The molecule has 2 amide bonds.